The van der Waals surface area contributed by atoms with Crippen molar-refractivity contribution in [2.75, 3.05) is 0 Å². The van der Waals surface area contributed by atoms with Crippen LogP contribution in [0.2, 0.25) is 0 Å². The highest BCUT2D eigenvalue weighted by molar-refractivity contribution is 5.64. The summed E-state index contributed by atoms with van der Waals surface area (Å²) in [5.74, 6) is 0.183. The highest BCUT2D eigenvalue weighted by Crippen LogP contribution is 2.36. The molecule has 0 amide bonds. The summed E-state index contributed by atoms with van der Waals surface area (Å²) in [6.07, 6.45) is 8.92. The van der Waals surface area contributed by atoms with Crippen molar-refractivity contribution in [1.29, 1.82) is 0 Å². The Bertz CT molecular complexity index is 899. The van der Waals surface area contributed by atoms with Gasteiger partial charge in [0.25, 0.3) is 0 Å². The molecule has 1 aromatic heterocycles. The number of rotatable bonds is 4. The molecule has 2 aromatic rings. The quantitative estimate of drug-likeness (QED) is 0.837. The van der Waals surface area contributed by atoms with Crippen LogP contribution in [-0.2, 0) is 16.6 Å². The summed E-state index contributed by atoms with van der Waals surface area (Å²) in [5, 5.41) is 20.0. The molecule has 0 saturated carbocycles. The highest BCUT2D eigenvalue weighted by Gasteiger charge is 2.23. The second-order valence-electron chi connectivity index (χ2n) is 7.82. The van der Waals surface area contributed by atoms with Crippen LogP contribution < -0.4 is 0 Å². The van der Waals surface area contributed by atoms with E-state index in [1.165, 1.54) is 10.4 Å². The largest absolute Gasteiger partial charge is 0.505 e. The molecule has 0 spiro atoms. The molecule has 0 atom stereocenters. The van der Waals surface area contributed by atoms with Crippen LogP contribution in [0.5, 0.6) is 5.75 Å². The number of allylic oxidation sites excluding steroid dienone is 2. The number of fused-ring (bicyclic) bond motifs is 1. The minimum Gasteiger partial charge on any atom is -0.505 e. The molecule has 0 aliphatic heterocycles. The molecule has 0 fully saturated rings. The number of carbonyl (C=O) groups excluding carboxylic acids is 1. The zero-order chi connectivity index (χ0) is 18.9. The van der Waals surface area contributed by atoms with Crippen molar-refractivity contribution in [3.05, 3.63) is 46.3 Å². The topological polar surface area (TPSA) is 68.0 Å². The second-order valence-corrected chi connectivity index (χ2v) is 7.82. The van der Waals surface area contributed by atoms with Crippen LogP contribution in [0.3, 0.4) is 0 Å². The Morgan fingerprint density at radius 3 is 2.65 bits per heavy atom. The Morgan fingerprint density at radius 1 is 1.23 bits per heavy atom. The molecule has 1 N–H and O–H groups in total. The van der Waals surface area contributed by atoms with Gasteiger partial charge in [-0.3, -0.25) is 0 Å². The van der Waals surface area contributed by atoms with Crippen molar-refractivity contribution in [2.24, 2.45) is 0 Å². The van der Waals surface area contributed by atoms with Gasteiger partial charge in [0, 0.05) is 12.0 Å². The van der Waals surface area contributed by atoms with Crippen LogP contribution in [0, 0.1) is 0 Å². The van der Waals surface area contributed by atoms with Gasteiger partial charge in [0.15, 0.2) is 0 Å². The average Bonchev–Trinajstić information content (AvgIpc) is 2.86. The summed E-state index contributed by atoms with van der Waals surface area (Å²) in [5.41, 5.74) is 4.92. The second kappa shape index (κ2) is 6.90. The van der Waals surface area contributed by atoms with Gasteiger partial charge in [0.1, 0.15) is 29.1 Å². The van der Waals surface area contributed by atoms with Gasteiger partial charge in [-0.05, 0) is 49.0 Å². The van der Waals surface area contributed by atoms with Gasteiger partial charge in [-0.15, -0.1) is 15.0 Å². The Hall–Kier alpha value is -2.69. The number of benzene rings is 1. The first-order valence-corrected chi connectivity index (χ1v) is 8.91. The maximum atomic E-state index is 10.9. The predicted molar refractivity (Wildman–Crippen MR) is 103 cm³/mol. The zero-order valence-electron chi connectivity index (χ0n) is 15.8. The van der Waals surface area contributed by atoms with E-state index in [0.717, 1.165) is 35.2 Å². The lowest BCUT2D eigenvalue weighted by Crippen LogP contribution is -2.14. The summed E-state index contributed by atoms with van der Waals surface area (Å²) in [6.45, 7) is 8.22. The summed E-state index contributed by atoms with van der Waals surface area (Å²) in [7, 11) is 0. The molecule has 136 valence electrons. The minimum atomic E-state index is -0.239. The van der Waals surface area contributed by atoms with Crippen molar-refractivity contribution in [3.8, 4) is 11.4 Å². The monoisotopic (exact) mass is 351 g/mol. The fourth-order valence-corrected chi connectivity index (χ4v) is 3.08. The van der Waals surface area contributed by atoms with E-state index in [4.69, 9.17) is 0 Å². The molecule has 0 saturated heterocycles. The third-order valence-electron chi connectivity index (χ3n) is 4.49. The molecule has 26 heavy (non-hydrogen) atoms. The predicted octanol–water partition coefficient (Wildman–Crippen LogP) is 4.22. The van der Waals surface area contributed by atoms with E-state index in [-0.39, 0.29) is 11.2 Å². The molecule has 0 bridgehead atoms. The van der Waals surface area contributed by atoms with E-state index in [1.807, 2.05) is 24.3 Å². The van der Waals surface area contributed by atoms with E-state index in [0.29, 0.717) is 18.5 Å². The lowest BCUT2D eigenvalue weighted by atomic mass is 9.84. The number of phenols is 1. The fraction of sp³-hybridized carbons (Fsp3) is 0.381. The minimum absolute atomic E-state index is 0.183. The molecule has 3 rings (SSSR count). The molecule has 5 heteroatoms. The number of hydrogen-bond donors (Lipinski definition) is 1. The van der Waals surface area contributed by atoms with Gasteiger partial charge in [0.05, 0.1) is 0 Å². The van der Waals surface area contributed by atoms with Crippen LogP contribution in [0.1, 0.15) is 63.1 Å². The van der Waals surface area contributed by atoms with Crippen molar-refractivity contribution >= 4 is 18.4 Å². The molecule has 1 aliphatic rings. The first-order valence-electron chi connectivity index (χ1n) is 8.91. The molecule has 1 aliphatic carbocycles. The van der Waals surface area contributed by atoms with Crippen LogP contribution >= 0.6 is 0 Å². The number of carbonyl (C=O) groups is 1. The van der Waals surface area contributed by atoms with Crippen molar-refractivity contribution in [3.63, 3.8) is 0 Å². The Kier molecular flexibility index (Phi) is 4.81. The molecule has 5 nitrogen and oxygen atoms in total. The fourth-order valence-electron chi connectivity index (χ4n) is 3.08. The van der Waals surface area contributed by atoms with E-state index in [9.17, 15) is 9.90 Å². The number of phenolic OH excluding ortho intramolecular Hbond substituents is 1. The van der Waals surface area contributed by atoms with E-state index in [1.54, 1.807) is 0 Å². The van der Waals surface area contributed by atoms with Crippen LogP contribution in [0.4, 0.5) is 0 Å². The van der Waals surface area contributed by atoms with Gasteiger partial charge < -0.3 is 9.90 Å². The molecule has 0 unspecified atom stereocenters. The number of hydrogen-bond acceptors (Lipinski definition) is 4. The maximum absolute atomic E-state index is 10.9. The SMILES string of the molecule is CC1=Cc2nn(-c3cc(CCC=O)cc(C(C)(C)C)c3O)nc2C=CC1. The van der Waals surface area contributed by atoms with Crippen molar-refractivity contribution in [1.82, 2.24) is 15.0 Å². The van der Waals surface area contributed by atoms with Gasteiger partial charge in [-0.1, -0.05) is 38.5 Å². The molecule has 1 aromatic carbocycles. The normalized spacial score (nSPS) is 13.9. The van der Waals surface area contributed by atoms with E-state index < -0.39 is 0 Å². The van der Waals surface area contributed by atoms with Crippen LogP contribution in [-0.4, -0.2) is 26.4 Å². The maximum Gasteiger partial charge on any atom is 0.146 e. The van der Waals surface area contributed by atoms with Gasteiger partial charge in [-0.2, -0.15) is 0 Å². The lowest BCUT2D eigenvalue weighted by molar-refractivity contribution is -0.107. The number of aldehydes is 1. The molecule has 1 heterocycles. The molecular formula is C21H25N3O2. The van der Waals surface area contributed by atoms with Crippen LogP contribution in [0.25, 0.3) is 17.8 Å². The Labute approximate surface area is 154 Å². The Morgan fingerprint density at radius 2 is 1.96 bits per heavy atom. The zero-order valence-corrected chi connectivity index (χ0v) is 15.8. The lowest BCUT2D eigenvalue weighted by Gasteiger charge is -2.23. The third-order valence-corrected chi connectivity index (χ3v) is 4.49. The van der Waals surface area contributed by atoms with E-state index in [2.05, 4.69) is 44.0 Å². The van der Waals surface area contributed by atoms with Gasteiger partial charge in [0.2, 0.25) is 0 Å². The number of nitrogens with zero attached hydrogens (tertiary/aromatic N) is 3. The summed E-state index contributed by atoms with van der Waals surface area (Å²) < 4.78 is 0. The molecule has 0 radical (unpaired) electrons. The first-order chi connectivity index (χ1) is 12.3. The number of aromatic nitrogens is 3. The van der Waals surface area contributed by atoms with E-state index >= 15 is 0 Å². The van der Waals surface area contributed by atoms with Gasteiger partial charge >= 0.3 is 0 Å². The highest BCUT2D eigenvalue weighted by atomic mass is 16.3. The summed E-state index contributed by atoms with van der Waals surface area (Å²) >= 11 is 0. The average molecular weight is 351 g/mol. The number of aryl methyl sites for hydroxylation is 1. The van der Waals surface area contributed by atoms with Crippen molar-refractivity contribution < 1.29 is 9.90 Å². The Balaban J connectivity index is 2.15. The first kappa shape index (κ1) is 18.1. The van der Waals surface area contributed by atoms with Crippen LogP contribution in [0.15, 0.2) is 23.8 Å². The molecular weight excluding hydrogens is 326 g/mol. The smallest absolute Gasteiger partial charge is 0.146 e. The number of aromatic hydroxyl groups is 1. The third kappa shape index (κ3) is 3.62. The van der Waals surface area contributed by atoms with Crippen molar-refractivity contribution in [2.45, 2.75) is 52.4 Å². The summed E-state index contributed by atoms with van der Waals surface area (Å²) in [4.78, 5) is 12.3. The van der Waals surface area contributed by atoms with Gasteiger partial charge in [-0.25, -0.2) is 0 Å². The summed E-state index contributed by atoms with van der Waals surface area (Å²) in [6, 6.07) is 3.84. The standard InChI is InChI=1S/C21H25N3O2/c1-14-7-5-9-17-18(11-14)23-24(22-17)19-13-15(8-6-10-25)12-16(20(19)26)21(2,3)4/h5,9-13,26H,6-8H2,1-4H3.